The normalized spacial score (nSPS) is 17.5. The molecule has 3 rings (SSSR count). The predicted octanol–water partition coefficient (Wildman–Crippen LogP) is 4.90. The molecule has 1 aromatic heterocycles. The van der Waals surface area contributed by atoms with Gasteiger partial charge in [-0.15, -0.1) is 0 Å². The molecule has 0 radical (unpaired) electrons. The van der Waals surface area contributed by atoms with Crippen LogP contribution >= 0.6 is 23.2 Å². The fraction of sp³-hybridized carbons (Fsp3) is 0.294. The highest BCUT2D eigenvalue weighted by molar-refractivity contribution is 6.33. The van der Waals surface area contributed by atoms with Gasteiger partial charge < -0.3 is 4.42 Å². The van der Waals surface area contributed by atoms with Crippen molar-refractivity contribution >= 4 is 34.8 Å². The van der Waals surface area contributed by atoms with E-state index in [0.29, 0.717) is 16.5 Å². The molecule has 0 spiro atoms. The number of carbonyl (C=O) groups is 1. The van der Waals surface area contributed by atoms with E-state index in [-0.39, 0.29) is 11.9 Å². The molecule has 1 aliphatic rings. The highest BCUT2D eigenvalue weighted by Gasteiger charge is 2.33. The molecule has 2 heterocycles. The zero-order chi connectivity index (χ0) is 16.7. The fourth-order valence-electron chi connectivity index (χ4n) is 2.89. The lowest BCUT2D eigenvalue weighted by molar-refractivity contribution is -0.130. The molecule has 0 saturated carbocycles. The van der Waals surface area contributed by atoms with Gasteiger partial charge in [0.25, 0.3) is 0 Å². The van der Waals surface area contributed by atoms with Crippen molar-refractivity contribution in [1.29, 1.82) is 0 Å². The Hall–Kier alpha value is -1.78. The average Bonchev–Trinajstić information content (AvgIpc) is 3.05. The molecular weight excluding hydrogens is 335 g/mol. The molecule has 120 valence electrons. The summed E-state index contributed by atoms with van der Waals surface area (Å²) in [5.74, 6) is 1.47. The van der Waals surface area contributed by atoms with Gasteiger partial charge in [-0.2, -0.15) is 5.10 Å². The third-order valence-electron chi connectivity index (χ3n) is 3.90. The summed E-state index contributed by atoms with van der Waals surface area (Å²) in [5.41, 5.74) is 2.54. The molecule has 1 atom stereocenters. The van der Waals surface area contributed by atoms with Crippen molar-refractivity contribution in [3.63, 3.8) is 0 Å². The van der Waals surface area contributed by atoms with Crippen molar-refractivity contribution in [2.24, 2.45) is 5.10 Å². The van der Waals surface area contributed by atoms with E-state index in [4.69, 9.17) is 27.6 Å². The second kappa shape index (κ2) is 6.02. The molecule has 4 nitrogen and oxygen atoms in total. The molecule has 0 N–H and O–H groups in total. The number of rotatable bonds is 2. The zero-order valence-corrected chi connectivity index (χ0v) is 14.6. The van der Waals surface area contributed by atoms with E-state index in [9.17, 15) is 4.79 Å². The zero-order valence-electron chi connectivity index (χ0n) is 13.1. The Morgan fingerprint density at radius 3 is 2.65 bits per heavy atom. The molecule has 1 amide bonds. The van der Waals surface area contributed by atoms with E-state index >= 15 is 0 Å². The summed E-state index contributed by atoms with van der Waals surface area (Å²) in [4.78, 5) is 12.0. The number of halogens is 2. The van der Waals surface area contributed by atoms with Crippen molar-refractivity contribution < 1.29 is 9.21 Å². The number of carbonyl (C=O) groups excluding carboxylic acids is 1. The van der Waals surface area contributed by atoms with Crippen LogP contribution in [0.25, 0.3) is 0 Å². The smallest absolute Gasteiger partial charge is 0.240 e. The van der Waals surface area contributed by atoms with Gasteiger partial charge in [0, 0.05) is 29.0 Å². The SMILES string of the molecule is CC(=O)N1N=C(c2cc(C)oc2C)C[C@@H]1c1cc(Cl)ccc1Cl. The Labute approximate surface area is 144 Å². The highest BCUT2D eigenvalue weighted by Crippen LogP contribution is 2.38. The first-order chi connectivity index (χ1) is 10.9. The lowest BCUT2D eigenvalue weighted by atomic mass is 9.98. The van der Waals surface area contributed by atoms with Crippen molar-refractivity contribution in [3.05, 3.63) is 57.0 Å². The van der Waals surface area contributed by atoms with Crippen LogP contribution in [0.2, 0.25) is 10.0 Å². The van der Waals surface area contributed by atoms with E-state index < -0.39 is 0 Å². The number of benzene rings is 1. The number of hydrogen-bond donors (Lipinski definition) is 0. The van der Waals surface area contributed by atoms with Crippen molar-refractivity contribution in [2.45, 2.75) is 33.2 Å². The summed E-state index contributed by atoms with van der Waals surface area (Å²) in [6.45, 7) is 5.27. The Kier molecular flexibility index (Phi) is 4.21. The maximum atomic E-state index is 12.0. The largest absolute Gasteiger partial charge is 0.466 e. The monoisotopic (exact) mass is 350 g/mol. The first-order valence-electron chi connectivity index (χ1n) is 7.26. The lowest BCUT2D eigenvalue weighted by Gasteiger charge is -2.21. The Balaban J connectivity index is 2.02. The summed E-state index contributed by atoms with van der Waals surface area (Å²) < 4.78 is 5.57. The highest BCUT2D eigenvalue weighted by atomic mass is 35.5. The van der Waals surface area contributed by atoms with E-state index in [2.05, 4.69) is 5.10 Å². The summed E-state index contributed by atoms with van der Waals surface area (Å²) in [7, 11) is 0. The van der Waals surface area contributed by atoms with Crippen LogP contribution in [0.15, 0.2) is 33.8 Å². The second-order valence-electron chi connectivity index (χ2n) is 5.62. The van der Waals surface area contributed by atoms with E-state index in [0.717, 1.165) is 28.4 Å². The molecule has 0 fully saturated rings. The summed E-state index contributed by atoms with van der Waals surface area (Å²) in [5, 5.41) is 7.12. The number of amides is 1. The minimum Gasteiger partial charge on any atom is -0.466 e. The van der Waals surface area contributed by atoms with Crippen molar-refractivity contribution in [1.82, 2.24) is 5.01 Å². The number of hydrazone groups is 1. The first-order valence-corrected chi connectivity index (χ1v) is 8.02. The van der Waals surface area contributed by atoms with Crippen LogP contribution in [0.1, 0.15) is 42.0 Å². The maximum absolute atomic E-state index is 12.0. The van der Waals surface area contributed by atoms with Crippen molar-refractivity contribution in [2.75, 3.05) is 0 Å². The van der Waals surface area contributed by atoms with Crippen LogP contribution in [-0.4, -0.2) is 16.6 Å². The minimum atomic E-state index is -0.261. The van der Waals surface area contributed by atoms with Crippen LogP contribution in [-0.2, 0) is 4.79 Å². The summed E-state index contributed by atoms with van der Waals surface area (Å²) in [6, 6.07) is 6.93. The van der Waals surface area contributed by atoms with Gasteiger partial charge in [0.1, 0.15) is 11.5 Å². The Bertz CT molecular complexity index is 811. The quantitative estimate of drug-likeness (QED) is 0.772. The first kappa shape index (κ1) is 16.1. The topological polar surface area (TPSA) is 45.8 Å². The number of aryl methyl sites for hydroxylation is 2. The van der Waals surface area contributed by atoms with Gasteiger partial charge >= 0.3 is 0 Å². The fourth-order valence-corrected chi connectivity index (χ4v) is 3.32. The molecule has 23 heavy (non-hydrogen) atoms. The third-order valence-corrected chi connectivity index (χ3v) is 4.48. The van der Waals surface area contributed by atoms with Gasteiger partial charge in [-0.1, -0.05) is 23.2 Å². The average molecular weight is 351 g/mol. The van der Waals surface area contributed by atoms with E-state index in [1.54, 1.807) is 18.2 Å². The van der Waals surface area contributed by atoms with Crippen molar-refractivity contribution in [3.8, 4) is 0 Å². The van der Waals surface area contributed by atoms with Gasteiger partial charge in [-0.05, 0) is 43.7 Å². The number of nitrogens with zero attached hydrogens (tertiary/aromatic N) is 2. The number of furan rings is 1. The van der Waals surface area contributed by atoms with Gasteiger partial charge in [-0.3, -0.25) is 4.79 Å². The van der Waals surface area contributed by atoms with E-state index in [1.807, 2.05) is 19.9 Å². The third kappa shape index (κ3) is 3.01. The molecule has 2 aromatic rings. The van der Waals surface area contributed by atoms with Gasteiger partial charge in [-0.25, -0.2) is 5.01 Å². The lowest BCUT2D eigenvalue weighted by Crippen LogP contribution is -2.24. The summed E-state index contributed by atoms with van der Waals surface area (Å²) >= 11 is 12.4. The van der Waals surface area contributed by atoms with Crippen LogP contribution in [0.4, 0.5) is 0 Å². The molecule has 0 saturated heterocycles. The molecule has 0 aliphatic carbocycles. The van der Waals surface area contributed by atoms with Crippen LogP contribution in [0.5, 0.6) is 0 Å². The Morgan fingerprint density at radius 2 is 2.04 bits per heavy atom. The van der Waals surface area contributed by atoms with Gasteiger partial charge in [0.15, 0.2) is 0 Å². The molecule has 0 unspecified atom stereocenters. The maximum Gasteiger partial charge on any atom is 0.240 e. The molecule has 1 aliphatic heterocycles. The summed E-state index contributed by atoms with van der Waals surface area (Å²) in [6.07, 6.45) is 0.569. The molecular formula is C17H16Cl2N2O2. The molecule has 6 heteroatoms. The second-order valence-corrected chi connectivity index (χ2v) is 6.47. The van der Waals surface area contributed by atoms with E-state index in [1.165, 1.54) is 11.9 Å². The predicted molar refractivity (Wildman–Crippen MR) is 91.1 cm³/mol. The molecule has 0 bridgehead atoms. The number of hydrogen-bond acceptors (Lipinski definition) is 3. The Morgan fingerprint density at radius 1 is 1.30 bits per heavy atom. The standard InChI is InChI=1S/C17H16Cl2N2O2/c1-9-6-13(10(2)23-9)16-8-17(21(20-16)11(3)22)14-7-12(18)4-5-15(14)19/h4-7,17H,8H2,1-3H3/t17-/m1/s1. The minimum absolute atomic E-state index is 0.140. The molecule has 1 aromatic carbocycles. The van der Waals surface area contributed by atoms with Crippen LogP contribution in [0.3, 0.4) is 0 Å². The van der Waals surface area contributed by atoms with Gasteiger partial charge in [0.2, 0.25) is 5.91 Å². The van der Waals surface area contributed by atoms with Crippen LogP contribution < -0.4 is 0 Å². The van der Waals surface area contributed by atoms with Gasteiger partial charge in [0.05, 0.1) is 11.8 Å². The van der Waals surface area contributed by atoms with Crippen LogP contribution in [0, 0.1) is 13.8 Å².